The van der Waals surface area contributed by atoms with Crippen molar-refractivity contribution < 1.29 is 53.6 Å². The summed E-state index contributed by atoms with van der Waals surface area (Å²) in [5, 5.41) is 34.6. The number of hydrogen-bond donors (Lipinski definition) is 6. The average Bonchev–Trinajstić information content (AvgIpc) is 2.83. The number of hydrogen-bond acceptors (Lipinski definition) is 8. The minimum atomic E-state index is -2.12. The van der Waals surface area contributed by atoms with Crippen molar-refractivity contribution in [2.75, 3.05) is 6.54 Å². The third-order valence-electron chi connectivity index (χ3n) is 5.16. The summed E-state index contributed by atoms with van der Waals surface area (Å²) < 4.78 is 10.1. The molecule has 0 fully saturated rings. The van der Waals surface area contributed by atoms with Crippen LogP contribution in [-0.2, 0) is 35.1 Å². The van der Waals surface area contributed by atoms with Gasteiger partial charge in [-0.3, -0.25) is 14.4 Å². The van der Waals surface area contributed by atoms with Gasteiger partial charge in [0, 0.05) is 13.0 Å². The molecule has 0 bridgehead atoms. The largest absolute Gasteiger partial charge is 0.481 e. The number of benzene rings is 1. The smallest absolute Gasteiger partial charge is 0.408 e. The zero-order valence-electron chi connectivity index (χ0n) is 22.9. The van der Waals surface area contributed by atoms with Crippen molar-refractivity contribution in [3.8, 4) is 5.75 Å². The summed E-state index contributed by atoms with van der Waals surface area (Å²) in [5.41, 5.74) is -0.418. The van der Waals surface area contributed by atoms with E-state index in [4.69, 9.17) is 19.7 Å². The van der Waals surface area contributed by atoms with Crippen molar-refractivity contribution in [1.29, 1.82) is 0 Å². The Morgan fingerprint density at radius 2 is 1.45 bits per heavy atom. The molecule has 0 aliphatic heterocycles. The number of carboxylic acid groups (broad SMARTS) is 3. The Morgan fingerprint density at radius 1 is 0.850 bits per heavy atom. The van der Waals surface area contributed by atoms with Gasteiger partial charge in [0.2, 0.25) is 11.8 Å². The van der Waals surface area contributed by atoms with Crippen LogP contribution >= 0.6 is 0 Å². The van der Waals surface area contributed by atoms with Gasteiger partial charge in [0.1, 0.15) is 23.4 Å². The highest BCUT2D eigenvalue weighted by molar-refractivity contribution is 5.96. The van der Waals surface area contributed by atoms with Crippen molar-refractivity contribution in [3.05, 3.63) is 29.8 Å². The van der Waals surface area contributed by atoms with E-state index in [1.54, 1.807) is 20.8 Å². The van der Waals surface area contributed by atoms with Crippen LogP contribution in [0.1, 0.15) is 58.9 Å². The number of alkyl carbamates (subject to hydrolysis) is 1. The van der Waals surface area contributed by atoms with Gasteiger partial charge in [0.05, 0.1) is 6.42 Å². The van der Waals surface area contributed by atoms with E-state index in [2.05, 4.69) is 16.0 Å². The third kappa shape index (κ3) is 12.9. The van der Waals surface area contributed by atoms with Gasteiger partial charge >= 0.3 is 24.0 Å². The summed E-state index contributed by atoms with van der Waals surface area (Å²) in [7, 11) is 0. The maximum absolute atomic E-state index is 13.0. The minimum Gasteiger partial charge on any atom is -0.481 e. The number of carbonyl (C=O) groups excluding carboxylic acids is 3. The Kier molecular flexibility index (Phi) is 13.4. The van der Waals surface area contributed by atoms with Crippen LogP contribution in [0.5, 0.6) is 5.75 Å². The second-order valence-electron chi connectivity index (χ2n) is 9.88. The molecule has 0 aliphatic rings. The quantitative estimate of drug-likeness (QED) is 0.124. The topological polar surface area (TPSA) is 218 Å². The fourth-order valence-corrected chi connectivity index (χ4v) is 3.31. The first-order valence-corrected chi connectivity index (χ1v) is 12.6. The molecular weight excluding hydrogens is 530 g/mol. The van der Waals surface area contributed by atoms with Crippen LogP contribution in [0.15, 0.2) is 24.3 Å². The van der Waals surface area contributed by atoms with Gasteiger partial charge in [0.25, 0.3) is 6.10 Å². The number of rotatable bonds is 16. The molecule has 14 heteroatoms. The fourth-order valence-electron chi connectivity index (χ4n) is 3.31. The molecule has 3 amide bonds. The summed E-state index contributed by atoms with van der Waals surface area (Å²) >= 11 is 0. The van der Waals surface area contributed by atoms with E-state index in [-0.39, 0.29) is 12.2 Å². The Hall–Kier alpha value is -4.36. The van der Waals surface area contributed by atoms with E-state index in [1.165, 1.54) is 24.3 Å². The number of nitrogens with one attached hydrogen (secondary N) is 3. The van der Waals surface area contributed by atoms with Crippen LogP contribution in [0.2, 0.25) is 0 Å². The summed E-state index contributed by atoms with van der Waals surface area (Å²) in [6, 6.07) is 2.80. The maximum atomic E-state index is 13.0. The van der Waals surface area contributed by atoms with Crippen LogP contribution < -0.4 is 20.7 Å². The number of ether oxygens (including phenoxy) is 2. The third-order valence-corrected chi connectivity index (χ3v) is 5.16. The van der Waals surface area contributed by atoms with Gasteiger partial charge in [-0.2, -0.15) is 0 Å². The standard InChI is InChI=1S/C26H37N3O11/c1-5-6-7-12-27-21(32)17(13-15-8-10-16(11-9-15)39-20(23(34)35)24(36)37)28-22(33)18(14-19(30)31)29-25(38)40-26(2,3)4/h8-11,17-18,20H,5-7,12-14H2,1-4H3,(H,27,32)(H,28,33)(H,29,38)(H,30,31)(H,34,35)(H,36,37)/t17-,18?/m0/s1. The molecule has 0 aromatic heterocycles. The SMILES string of the molecule is CCCCCNC(=O)[C@H](Cc1ccc(OC(C(=O)O)C(=O)O)cc1)NC(=O)C(CC(=O)O)NC(=O)OC(C)(C)C. The highest BCUT2D eigenvalue weighted by atomic mass is 16.6. The summed E-state index contributed by atoms with van der Waals surface area (Å²) in [6.45, 7) is 7.12. The molecule has 0 heterocycles. The highest BCUT2D eigenvalue weighted by Crippen LogP contribution is 2.16. The lowest BCUT2D eigenvalue weighted by atomic mass is 10.0. The van der Waals surface area contributed by atoms with Crippen LogP contribution in [0, 0.1) is 0 Å². The molecule has 40 heavy (non-hydrogen) atoms. The maximum Gasteiger partial charge on any atom is 0.408 e. The van der Waals surface area contributed by atoms with Gasteiger partial charge in [-0.25, -0.2) is 14.4 Å². The van der Waals surface area contributed by atoms with Gasteiger partial charge in [0.15, 0.2) is 0 Å². The Bertz CT molecular complexity index is 1040. The molecule has 0 saturated carbocycles. The van der Waals surface area contributed by atoms with Crippen molar-refractivity contribution >= 4 is 35.8 Å². The number of carbonyl (C=O) groups is 6. The molecule has 1 unspecified atom stereocenters. The van der Waals surface area contributed by atoms with Crippen LogP contribution in [0.3, 0.4) is 0 Å². The molecule has 222 valence electrons. The van der Waals surface area contributed by atoms with Crippen molar-refractivity contribution in [2.45, 2.75) is 83.6 Å². The number of amides is 3. The molecule has 0 radical (unpaired) electrons. The first-order chi connectivity index (χ1) is 18.6. The van der Waals surface area contributed by atoms with E-state index in [1.807, 2.05) is 6.92 Å². The summed E-state index contributed by atoms with van der Waals surface area (Å²) in [4.78, 5) is 71.6. The number of aliphatic carboxylic acids is 3. The first-order valence-electron chi connectivity index (χ1n) is 12.6. The van der Waals surface area contributed by atoms with Gasteiger partial charge in [-0.1, -0.05) is 31.9 Å². The van der Waals surface area contributed by atoms with Gasteiger partial charge in [-0.15, -0.1) is 0 Å². The van der Waals surface area contributed by atoms with E-state index >= 15 is 0 Å². The number of carboxylic acids is 3. The Morgan fingerprint density at radius 3 is 1.95 bits per heavy atom. The van der Waals surface area contributed by atoms with E-state index in [9.17, 15) is 33.9 Å². The summed E-state index contributed by atoms with van der Waals surface area (Å²) in [5.74, 6) is -6.26. The molecule has 6 N–H and O–H groups in total. The Labute approximate surface area is 231 Å². The van der Waals surface area contributed by atoms with Crippen LogP contribution in [-0.4, -0.2) is 81.5 Å². The van der Waals surface area contributed by atoms with E-state index in [0.717, 1.165) is 12.8 Å². The second-order valence-corrected chi connectivity index (χ2v) is 9.88. The predicted octanol–water partition coefficient (Wildman–Crippen LogP) is 1.30. The zero-order valence-corrected chi connectivity index (χ0v) is 22.9. The predicted molar refractivity (Wildman–Crippen MR) is 140 cm³/mol. The summed E-state index contributed by atoms with van der Waals surface area (Å²) in [6.07, 6.45) is -1.48. The van der Waals surface area contributed by atoms with E-state index in [0.29, 0.717) is 18.5 Å². The number of unbranched alkanes of at least 4 members (excludes halogenated alkanes) is 2. The first kappa shape index (κ1) is 33.7. The molecule has 0 saturated heterocycles. The second kappa shape index (κ2) is 15.9. The zero-order chi connectivity index (χ0) is 30.5. The Balaban J connectivity index is 3.10. The molecule has 1 aromatic rings. The van der Waals surface area contributed by atoms with Gasteiger partial charge in [-0.05, 0) is 44.9 Å². The van der Waals surface area contributed by atoms with Gasteiger partial charge < -0.3 is 40.7 Å². The fraction of sp³-hybridized carbons (Fsp3) is 0.538. The lowest BCUT2D eigenvalue weighted by Gasteiger charge is -2.24. The highest BCUT2D eigenvalue weighted by Gasteiger charge is 2.31. The minimum absolute atomic E-state index is 0.0498. The molecule has 1 aromatic carbocycles. The monoisotopic (exact) mass is 567 g/mol. The van der Waals surface area contributed by atoms with Crippen molar-refractivity contribution in [3.63, 3.8) is 0 Å². The molecule has 1 rings (SSSR count). The van der Waals surface area contributed by atoms with Crippen LogP contribution in [0.4, 0.5) is 4.79 Å². The van der Waals surface area contributed by atoms with Crippen molar-refractivity contribution in [1.82, 2.24) is 16.0 Å². The molecule has 0 aliphatic carbocycles. The average molecular weight is 568 g/mol. The normalized spacial score (nSPS) is 12.5. The van der Waals surface area contributed by atoms with E-state index < -0.39 is 66.0 Å². The molecule has 14 nitrogen and oxygen atoms in total. The lowest BCUT2D eigenvalue weighted by molar-refractivity contribution is -0.159. The molecular formula is C26H37N3O11. The molecule has 0 spiro atoms. The molecule has 2 atom stereocenters. The lowest BCUT2D eigenvalue weighted by Crippen LogP contribution is -2.55. The van der Waals surface area contributed by atoms with Crippen molar-refractivity contribution in [2.24, 2.45) is 0 Å². The van der Waals surface area contributed by atoms with Crippen LogP contribution in [0.25, 0.3) is 0 Å².